The van der Waals surface area contributed by atoms with E-state index in [-0.39, 0.29) is 42.7 Å². The maximum atomic E-state index is 13.6. The van der Waals surface area contributed by atoms with Crippen LogP contribution >= 0.6 is 12.4 Å². The molecule has 1 saturated carbocycles. The number of carbonyl (C=O) groups is 1. The van der Waals surface area contributed by atoms with Gasteiger partial charge in [0.25, 0.3) is 0 Å². The second kappa shape index (κ2) is 9.55. The molecule has 0 aliphatic heterocycles. The summed E-state index contributed by atoms with van der Waals surface area (Å²) in [6.07, 6.45) is 3.64. The number of rotatable bonds is 5. The molecule has 2 unspecified atom stereocenters. The van der Waals surface area contributed by atoms with Crippen molar-refractivity contribution in [1.82, 2.24) is 0 Å². The monoisotopic (exact) mass is 378 g/mol. The van der Waals surface area contributed by atoms with Crippen LogP contribution in [0.25, 0.3) is 0 Å². The summed E-state index contributed by atoms with van der Waals surface area (Å²) < 4.78 is 19.2. The average molecular weight is 379 g/mol. The second-order valence-corrected chi connectivity index (χ2v) is 6.52. The lowest BCUT2D eigenvalue weighted by molar-refractivity contribution is -0.120. The van der Waals surface area contributed by atoms with Gasteiger partial charge in [-0.2, -0.15) is 0 Å². The Morgan fingerprint density at radius 2 is 1.88 bits per heavy atom. The largest absolute Gasteiger partial charge is 0.489 e. The van der Waals surface area contributed by atoms with E-state index in [0.29, 0.717) is 11.3 Å². The van der Waals surface area contributed by atoms with Gasteiger partial charge in [0.1, 0.15) is 18.2 Å². The maximum absolute atomic E-state index is 13.6. The van der Waals surface area contributed by atoms with E-state index in [1.54, 1.807) is 42.5 Å². The lowest BCUT2D eigenvalue weighted by Crippen LogP contribution is -2.34. The molecule has 0 aromatic heterocycles. The van der Waals surface area contributed by atoms with E-state index < -0.39 is 0 Å². The van der Waals surface area contributed by atoms with Gasteiger partial charge < -0.3 is 15.8 Å². The van der Waals surface area contributed by atoms with Crippen molar-refractivity contribution in [1.29, 1.82) is 0 Å². The van der Waals surface area contributed by atoms with Gasteiger partial charge in [-0.3, -0.25) is 4.79 Å². The van der Waals surface area contributed by atoms with Crippen LogP contribution in [0.4, 0.5) is 10.1 Å². The first-order valence-electron chi connectivity index (χ1n) is 8.64. The highest BCUT2D eigenvalue weighted by atomic mass is 35.5. The molecule has 1 aliphatic rings. The molecule has 0 saturated heterocycles. The van der Waals surface area contributed by atoms with Crippen molar-refractivity contribution >= 4 is 24.0 Å². The molecule has 140 valence electrons. The highest BCUT2D eigenvalue weighted by molar-refractivity contribution is 5.92. The molecular weight excluding hydrogens is 355 g/mol. The fourth-order valence-corrected chi connectivity index (χ4v) is 3.12. The van der Waals surface area contributed by atoms with Crippen molar-refractivity contribution < 1.29 is 13.9 Å². The predicted molar refractivity (Wildman–Crippen MR) is 103 cm³/mol. The third-order valence-corrected chi connectivity index (χ3v) is 4.56. The number of nitrogens with one attached hydrogen (secondary N) is 1. The third kappa shape index (κ3) is 5.44. The molecule has 1 aliphatic carbocycles. The van der Waals surface area contributed by atoms with E-state index >= 15 is 0 Å². The van der Waals surface area contributed by atoms with Crippen LogP contribution in [0.2, 0.25) is 0 Å². The van der Waals surface area contributed by atoms with E-state index in [0.717, 1.165) is 31.4 Å². The molecule has 0 heterocycles. The molecule has 1 amide bonds. The SMILES string of the molecule is Cl.NC1CCCC(C(=O)Nc2ccc(OCc3ccccc3F)cc2)C1. The molecule has 6 heteroatoms. The van der Waals surface area contributed by atoms with Crippen LogP contribution in [0.5, 0.6) is 5.75 Å². The molecular formula is C20H24ClFN2O2. The number of anilines is 1. The van der Waals surface area contributed by atoms with Crippen LogP contribution in [0, 0.1) is 11.7 Å². The Kier molecular flexibility index (Phi) is 7.42. The van der Waals surface area contributed by atoms with Crippen LogP contribution in [-0.2, 0) is 11.4 Å². The second-order valence-electron chi connectivity index (χ2n) is 6.52. The van der Waals surface area contributed by atoms with Crippen molar-refractivity contribution in [2.45, 2.75) is 38.3 Å². The van der Waals surface area contributed by atoms with Gasteiger partial charge in [-0.1, -0.05) is 24.6 Å². The van der Waals surface area contributed by atoms with Gasteiger partial charge in [0.15, 0.2) is 0 Å². The summed E-state index contributed by atoms with van der Waals surface area (Å²) in [7, 11) is 0. The number of nitrogens with two attached hydrogens (primary N) is 1. The number of benzene rings is 2. The Hall–Kier alpha value is -2.11. The minimum absolute atomic E-state index is 0. The summed E-state index contributed by atoms with van der Waals surface area (Å²) in [6, 6.07) is 13.8. The Morgan fingerprint density at radius 3 is 2.58 bits per heavy atom. The van der Waals surface area contributed by atoms with Crippen molar-refractivity contribution in [2.75, 3.05) is 5.32 Å². The lowest BCUT2D eigenvalue weighted by Gasteiger charge is -2.25. The highest BCUT2D eigenvalue weighted by Gasteiger charge is 2.25. The zero-order valence-corrected chi connectivity index (χ0v) is 15.3. The number of hydrogen-bond donors (Lipinski definition) is 2. The van der Waals surface area contributed by atoms with Crippen LogP contribution in [0.1, 0.15) is 31.2 Å². The smallest absolute Gasteiger partial charge is 0.227 e. The first-order valence-corrected chi connectivity index (χ1v) is 8.64. The number of carbonyl (C=O) groups excluding carboxylic acids is 1. The first kappa shape index (κ1) is 20.2. The fourth-order valence-electron chi connectivity index (χ4n) is 3.12. The topological polar surface area (TPSA) is 64.4 Å². The van der Waals surface area contributed by atoms with E-state index in [9.17, 15) is 9.18 Å². The van der Waals surface area contributed by atoms with E-state index in [4.69, 9.17) is 10.5 Å². The molecule has 0 bridgehead atoms. The summed E-state index contributed by atoms with van der Waals surface area (Å²) in [5.41, 5.74) is 7.18. The Bertz CT molecular complexity index is 724. The molecule has 2 atom stereocenters. The summed E-state index contributed by atoms with van der Waals surface area (Å²) in [6.45, 7) is 0.165. The van der Waals surface area contributed by atoms with Gasteiger partial charge in [-0.25, -0.2) is 4.39 Å². The molecule has 2 aromatic rings. The molecule has 26 heavy (non-hydrogen) atoms. The number of hydrogen-bond acceptors (Lipinski definition) is 3. The van der Waals surface area contributed by atoms with Crippen LogP contribution in [-0.4, -0.2) is 11.9 Å². The van der Waals surface area contributed by atoms with Crippen molar-refractivity contribution in [3.05, 3.63) is 59.9 Å². The van der Waals surface area contributed by atoms with E-state index in [1.807, 2.05) is 0 Å². The normalized spacial score (nSPS) is 19.3. The van der Waals surface area contributed by atoms with Gasteiger partial charge in [0.05, 0.1) is 0 Å². The summed E-state index contributed by atoms with van der Waals surface area (Å²) in [5, 5.41) is 2.93. The Balaban J connectivity index is 0.00000243. The molecule has 3 N–H and O–H groups in total. The van der Waals surface area contributed by atoms with Crippen molar-refractivity contribution in [2.24, 2.45) is 11.7 Å². The summed E-state index contributed by atoms with van der Waals surface area (Å²) in [4.78, 5) is 12.3. The van der Waals surface area contributed by atoms with Gasteiger partial charge in [-0.15, -0.1) is 12.4 Å². The van der Waals surface area contributed by atoms with Crippen LogP contribution < -0.4 is 15.8 Å². The van der Waals surface area contributed by atoms with E-state index in [1.165, 1.54) is 6.07 Å². The number of halogens is 2. The molecule has 3 rings (SSSR count). The molecule has 4 nitrogen and oxygen atoms in total. The van der Waals surface area contributed by atoms with Crippen LogP contribution in [0.3, 0.4) is 0 Å². The minimum atomic E-state index is -0.280. The first-order chi connectivity index (χ1) is 12.1. The molecule has 2 aromatic carbocycles. The highest BCUT2D eigenvalue weighted by Crippen LogP contribution is 2.25. The molecule has 1 fully saturated rings. The number of ether oxygens (including phenoxy) is 1. The fraction of sp³-hybridized carbons (Fsp3) is 0.350. The zero-order chi connectivity index (χ0) is 17.6. The minimum Gasteiger partial charge on any atom is -0.489 e. The predicted octanol–water partition coefficient (Wildman–Crippen LogP) is 4.28. The van der Waals surface area contributed by atoms with Gasteiger partial charge >= 0.3 is 0 Å². The summed E-state index contributed by atoms with van der Waals surface area (Å²) >= 11 is 0. The number of amides is 1. The molecule has 0 spiro atoms. The zero-order valence-electron chi connectivity index (χ0n) is 14.5. The third-order valence-electron chi connectivity index (χ3n) is 4.56. The van der Waals surface area contributed by atoms with Crippen molar-refractivity contribution in [3.63, 3.8) is 0 Å². The Labute approximate surface area is 159 Å². The average Bonchev–Trinajstić information content (AvgIpc) is 2.62. The van der Waals surface area contributed by atoms with Crippen LogP contribution in [0.15, 0.2) is 48.5 Å². The Morgan fingerprint density at radius 1 is 1.15 bits per heavy atom. The van der Waals surface area contributed by atoms with Gasteiger partial charge in [0.2, 0.25) is 5.91 Å². The molecule has 0 radical (unpaired) electrons. The van der Waals surface area contributed by atoms with Crippen molar-refractivity contribution in [3.8, 4) is 5.75 Å². The van der Waals surface area contributed by atoms with Gasteiger partial charge in [-0.05, 0) is 49.6 Å². The van der Waals surface area contributed by atoms with E-state index in [2.05, 4.69) is 5.32 Å². The standard InChI is InChI=1S/C20H23FN2O2.ClH/c21-19-7-2-1-4-15(19)13-25-18-10-8-17(9-11-18)23-20(24)14-5-3-6-16(22)12-14;/h1-2,4,7-11,14,16H,3,5-6,12-13,22H2,(H,23,24);1H. The summed E-state index contributed by atoms with van der Waals surface area (Å²) in [5.74, 6) is 0.355. The van der Waals surface area contributed by atoms with Gasteiger partial charge in [0, 0.05) is 23.2 Å². The quantitative estimate of drug-likeness (QED) is 0.816. The lowest BCUT2D eigenvalue weighted by atomic mass is 9.85. The maximum Gasteiger partial charge on any atom is 0.227 e.